The predicted octanol–water partition coefficient (Wildman–Crippen LogP) is 2.49. The zero-order chi connectivity index (χ0) is 15.2. The molecule has 0 heterocycles. The molecule has 0 spiro atoms. The van der Waals surface area contributed by atoms with Crippen molar-refractivity contribution in [3.05, 3.63) is 24.3 Å². The zero-order valence-electron chi connectivity index (χ0n) is 11.5. The first-order valence-corrected chi connectivity index (χ1v) is 8.76. The second-order valence-corrected chi connectivity index (χ2v) is 7.46. The summed E-state index contributed by atoms with van der Waals surface area (Å²) < 4.78 is 26.6. The Labute approximate surface area is 128 Å². The van der Waals surface area contributed by atoms with Crippen molar-refractivity contribution in [2.24, 2.45) is 0 Å². The van der Waals surface area contributed by atoms with Crippen LogP contribution in [-0.4, -0.2) is 25.7 Å². The van der Waals surface area contributed by atoms with E-state index in [9.17, 15) is 13.2 Å². The number of sulfonamides is 1. The number of hydrogen-bond acceptors (Lipinski definition) is 3. The first-order chi connectivity index (χ1) is 9.35. The van der Waals surface area contributed by atoms with Crippen molar-refractivity contribution in [1.82, 2.24) is 4.72 Å². The number of carbonyl (C=O) groups is 1. The van der Waals surface area contributed by atoms with Crippen molar-refractivity contribution < 1.29 is 13.2 Å². The maximum absolute atomic E-state index is 12.0. The van der Waals surface area contributed by atoms with Crippen molar-refractivity contribution >= 4 is 37.5 Å². The van der Waals surface area contributed by atoms with Crippen LogP contribution in [0.5, 0.6) is 0 Å². The van der Waals surface area contributed by atoms with Crippen molar-refractivity contribution in [2.75, 3.05) is 11.9 Å². The van der Waals surface area contributed by atoms with Gasteiger partial charge in [-0.15, -0.1) is 0 Å². The smallest absolute Gasteiger partial charge is 0.240 e. The number of amides is 1. The third-order valence-electron chi connectivity index (χ3n) is 2.68. The molecule has 0 saturated heterocycles. The normalized spacial score (nSPS) is 12.9. The average molecular weight is 363 g/mol. The molecule has 1 aromatic rings. The van der Waals surface area contributed by atoms with Gasteiger partial charge in [-0.25, -0.2) is 13.1 Å². The summed E-state index contributed by atoms with van der Waals surface area (Å²) in [6.45, 7) is 3.82. The third-order valence-corrected chi connectivity index (χ3v) is 5.26. The summed E-state index contributed by atoms with van der Waals surface area (Å²) in [6, 6.07) is 6.07. The van der Waals surface area contributed by atoms with E-state index in [0.29, 0.717) is 17.1 Å². The SMILES string of the molecule is CCC(Br)CCNS(=O)(=O)c1ccc(NC(C)=O)cc1. The van der Waals surface area contributed by atoms with Gasteiger partial charge >= 0.3 is 0 Å². The monoisotopic (exact) mass is 362 g/mol. The molecule has 0 aliphatic rings. The van der Waals surface area contributed by atoms with E-state index in [1.807, 2.05) is 6.92 Å². The largest absolute Gasteiger partial charge is 0.326 e. The molecule has 0 aliphatic carbocycles. The molecule has 0 aliphatic heterocycles. The molecule has 1 aromatic carbocycles. The molecule has 112 valence electrons. The average Bonchev–Trinajstić information content (AvgIpc) is 2.38. The Morgan fingerprint density at radius 1 is 1.30 bits per heavy atom. The number of benzene rings is 1. The van der Waals surface area contributed by atoms with Crippen LogP contribution in [0.1, 0.15) is 26.7 Å². The minimum atomic E-state index is -3.49. The molecule has 1 unspecified atom stereocenters. The van der Waals surface area contributed by atoms with Crippen LogP contribution in [0, 0.1) is 0 Å². The Kier molecular flexibility index (Phi) is 6.64. The van der Waals surface area contributed by atoms with E-state index in [2.05, 4.69) is 26.0 Å². The topological polar surface area (TPSA) is 75.3 Å². The maximum atomic E-state index is 12.0. The quantitative estimate of drug-likeness (QED) is 0.731. The number of alkyl halides is 1. The van der Waals surface area contributed by atoms with Crippen molar-refractivity contribution in [2.45, 2.75) is 36.4 Å². The maximum Gasteiger partial charge on any atom is 0.240 e. The predicted molar refractivity (Wildman–Crippen MR) is 83.6 cm³/mol. The van der Waals surface area contributed by atoms with Crippen LogP contribution in [0.25, 0.3) is 0 Å². The molecule has 0 aromatic heterocycles. The molecule has 5 nitrogen and oxygen atoms in total. The van der Waals surface area contributed by atoms with Gasteiger partial charge < -0.3 is 5.32 Å². The van der Waals surface area contributed by atoms with Gasteiger partial charge in [0.1, 0.15) is 0 Å². The fourth-order valence-corrected chi connectivity index (χ4v) is 2.83. The van der Waals surface area contributed by atoms with Crippen LogP contribution < -0.4 is 10.0 Å². The highest BCUT2D eigenvalue weighted by atomic mass is 79.9. The molecule has 0 saturated carbocycles. The van der Waals surface area contributed by atoms with Crippen molar-refractivity contribution in [3.63, 3.8) is 0 Å². The van der Waals surface area contributed by atoms with Gasteiger partial charge in [0, 0.05) is 24.0 Å². The van der Waals surface area contributed by atoms with Gasteiger partial charge in [0.15, 0.2) is 0 Å². The van der Waals surface area contributed by atoms with Crippen molar-refractivity contribution in [1.29, 1.82) is 0 Å². The highest BCUT2D eigenvalue weighted by Gasteiger charge is 2.14. The lowest BCUT2D eigenvalue weighted by molar-refractivity contribution is -0.114. The molecule has 20 heavy (non-hydrogen) atoms. The Balaban J connectivity index is 2.65. The van der Waals surface area contributed by atoms with Gasteiger partial charge in [-0.1, -0.05) is 22.9 Å². The molecule has 0 bridgehead atoms. The second kappa shape index (κ2) is 7.75. The Morgan fingerprint density at radius 3 is 2.40 bits per heavy atom. The van der Waals surface area contributed by atoms with Gasteiger partial charge in [-0.2, -0.15) is 0 Å². The van der Waals surface area contributed by atoms with E-state index in [0.717, 1.165) is 12.8 Å². The standard InChI is InChI=1S/C13H19BrN2O3S/c1-3-11(14)8-9-15-20(18,19)13-6-4-12(5-7-13)16-10(2)17/h4-7,11,15H,3,8-9H2,1-2H3,(H,16,17). The summed E-state index contributed by atoms with van der Waals surface area (Å²) in [6.07, 6.45) is 1.69. The highest BCUT2D eigenvalue weighted by Crippen LogP contribution is 2.14. The molecule has 7 heteroatoms. The van der Waals surface area contributed by atoms with E-state index in [1.165, 1.54) is 19.1 Å². The van der Waals surface area contributed by atoms with Crippen LogP contribution in [0.2, 0.25) is 0 Å². The van der Waals surface area contributed by atoms with E-state index in [-0.39, 0.29) is 10.8 Å². The molecular formula is C13H19BrN2O3S. The van der Waals surface area contributed by atoms with Gasteiger partial charge in [-0.05, 0) is 37.1 Å². The van der Waals surface area contributed by atoms with E-state index >= 15 is 0 Å². The fraction of sp³-hybridized carbons (Fsp3) is 0.462. The lowest BCUT2D eigenvalue weighted by Crippen LogP contribution is -2.26. The molecule has 2 N–H and O–H groups in total. The molecule has 1 atom stereocenters. The van der Waals surface area contributed by atoms with Gasteiger partial charge in [0.2, 0.25) is 15.9 Å². The summed E-state index contributed by atoms with van der Waals surface area (Å²) in [7, 11) is -3.49. The Hall–Kier alpha value is -0.920. The third kappa shape index (κ3) is 5.60. The van der Waals surface area contributed by atoms with E-state index in [4.69, 9.17) is 0 Å². The highest BCUT2D eigenvalue weighted by molar-refractivity contribution is 9.09. The van der Waals surface area contributed by atoms with Crippen LogP contribution in [0.4, 0.5) is 5.69 Å². The van der Waals surface area contributed by atoms with E-state index in [1.54, 1.807) is 12.1 Å². The second-order valence-electron chi connectivity index (χ2n) is 4.40. The van der Waals surface area contributed by atoms with Gasteiger partial charge in [0.05, 0.1) is 4.90 Å². The first-order valence-electron chi connectivity index (χ1n) is 6.36. The number of anilines is 1. The number of nitrogens with one attached hydrogen (secondary N) is 2. The summed E-state index contributed by atoms with van der Waals surface area (Å²) in [5.41, 5.74) is 0.572. The fourth-order valence-electron chi connectivity index (χ4n) is 1.56. The number of hydrogen-bond donors (Lipinski definition) is 2. The summed E-state index contributed by atoms with van der Waals surface area (Å²) in [5, 5.41) is 2.59. The van der Waals surface area contributed by atoms with Crippen molar-refractivity contribution in [3.8, 4) is 0 Å². The molecule has 1 amide bonds. The minimum Gasteiger partial charge on any atom is -0.326 e. The van der Waals surface area contributed by atoms with Crippen LogP contribution in [0.3, 0.4) is 0 Å². The summed E-state index contributed by atoms with van der Waals surface area (Å²) in [4.78, 5) is 11.4. The van der Waals surface area contributed by atoms with Gasteiger partial charge in [-0.3, -0.25) is 4.79 Å². The number of halogens is 1. The summed E-state index contributed by atoms with van der Waals surface area (Å²) >= 11 is 3.46. The lowest BCUT2D eigenvalue weighted by Gasteiger charge is -2.10. The Bertz CT molecular complexity index is 543. The first kappa shape index (κ1) is 17.1. The molecular weight excluding hydrogens is 344 g/mol. The lowest BCUT2D eigenvalue weighted by atomic mass is 10.2. The zero-order valence-corrected chi connectivity index (χ0v) is 13.9. The Morgan fingerprint density at radius 2 is 1.90 bits per heavy atom. The molecule has 0 fully saturated rings. The van der Waals surface area contributed by atoms with Crippen LogP contribution in [0.15, 0.2) is 29.2 Å². The minimum absolute atomic E-state index is 0.189. The summed E-state index contributed by atoms with van der Waals surface area (Å²) in [5.74, 6) is -0.193. The van der Waals surface area contributed by atoms with Crippen LogP contribution in [-0.2, 0) is 14.8 Å². The molecule has 1 rings (SSSR count). The van der Waals surface area contributed by atoms with Gasteiger partial charge in [0.25, 0.3) is 0 Å². The molecule has 0 radical (unpaired) electrons. The number of carbonyl (C=O) groups excluding carboxylic acids is 1. The van der Waals surface area contributed by atoms with E-state index < -0.39 is 10.0 Å². The van der Waals surface area contributed by atoms with Crippen LogP contribution >= 0.6 is 15.9 Å². The number of rotatable bonds is 7.